The molecule has 0 aliphatic heterocycles. The average molecular weight is 175 g/mol. The quantitative estimate of drug-likeness (QED) is 0.582. The van der Waals surface area contributed by atoms with Gasteiger partial charge in [0.25, 0.3) is 0 Å². The van der Waals surface area contributed by atoms with Gasteiger partial charge in [0.1, 0.15) is 5.82 Å². The van der Waals surface area contributed by atoms with Crippen LogP contribution < -0.4 is 5.46 Å². The van der Waals surface area contributed by atoms with Crippen LogP contribution in [0.4, 0.5) is 0 Å². The molecule has 12 heavy (non-hydrogen) atoms. The molecule has 0 fully saturated rings. The number of aromatic nitrogens is 2. The van der Waals surface area contributed by atoms with Gasteiger partial charge in [0.2, 0.25) is 0 Å². The fourth-order valence-corrected chi connectivity index (χ4v) is 0.504. The monoisotopic (exact) mass is 175 g/mol. The van der Waals surface area contributed by atoms with Crippen molar-refractivity contribution >= 4 is 12.6 Å². The van der Waals surface area contributed by atoms with E-state index < -0.39 is 50.3 Å². The van der Waals surface area contributed by atoms with E-state index in [0.717, 1.165) is 0 Å². The predicted octanol–water partition coefficient (Wildman–Crippen LogP) is -0.720. The fraction of sp³-hybridized carbons (Fsp3) is 0.429. The molecule has 0 aliphatic rings. The predicted molar refractivity (Wildman–Crippen MR) is 45.9 cm³/mol. The van der Waals surface area contributed by atoms with Gasteiger partial charge < -0.3 is 10.0 Å². The van der Waals surface area contributed by atoms with Gasteiger partial charge in [0, 0.05) is 33.3 Å². The molecule has 0 spiro atoms. The van der Waals surface area contributed by atoms with Crippen LogP contribution in [0.15, 0.2) is 12.3 Å². The summed E-state index contributed by atoms with van der Waals surface area (Å²) in [6.45, 7) is -6.70. The van der Waals surface area contributed by atoms with Crippen molar-refractivity contribution in [1.29, 1.82) is 0 Å². The summed E-state index contributed by atoms with van der Waals surface area (Å²) in [5, 5.41) is 17.9. The molecule has 0 bridgehead atoms. The third-order valence-electron chi connectivity index (χ3n) is 1.05. The Morgan fingerprint density at radius 2 is 2.17 bits per heavy atom. The lowest BCUT2D eigenvalue weighted by molar-refractivity contribution is 0.425. The van der Waals surface area contributed by atoms with Gasteiger partial charge in [-0.2, -0.15) is 0 Å². The van der Waals surface area contributed by atoms with Crippen LogP contribution in [0.5, 0.6) is 0 Å². The van der Waals surface area contributed by atoms with E-state index in [9.17, 15) is 0 Å². The smallest absolute Gasteiger partial charge is 0.423 e. The molecule has 0 aliphatic carbocycles. The van der Waals surface area contributed by atoms with Crippen molar-refractivity contribution in [1.82, 2.24) is 9.97 Å². The van der Waals surface area contributed by atoms with Crippen LogP contribution in [0.3, 0.4) is 0 Å². The lowest BCUT2D eigenvalue weighted by Crippen LogP contribution is -2.30. The standard InChI is InChI=1S/C7H11BN2O2/c1-5(2)7-9-3-6(4-10-7)8(11)12/h3-5,11-12H,1-2H3/i1D3,2D3,3D,4D,5D. The van der Waals surface area contributed by atoms with E-state index in [2.05, 4.69) is 9.97 Å². The molecule has 0 amide bonds. The Labute approximate surface area is 84.1 Å². The second kappa shape index (κ2) is 3.64. The maximum absolute atomic E-state index is 8.97. The highest BCUT2D eigenvalue weighted by atomic mass is 16.4. The maximum atomic E-state index is 8.97. The van der Waals surface area contributed by atoms with Gasteiger partial charge in [0.05, 0.1) is 2.74 Å². The second-order valence-electron chi connectivity index (χ2n) is 1.93. The largest absolute Gasteiger partial charge is 0.491 e. The van der Waals surface area contributed by atoms with Crippen molar-refractivity contribution in [3.05, 3.63) is 18.2 Å². The van der Waals surface area contributed by atoms with Gasteiger partial charge in [-0.25, -0.2) is 9.97 Å². The van der Waals surface area contributed by atoms with E-state index in [0.29, 0.717) is 0 Å². The summed E-state index contributed by atoms with van der Waals surface area (Å²) in [7, 11) is -2.25. The van der Waals surface area contributed by atoms with Crippen LogP contribution in [-0.2, 0) is 0 Å². The SMILES string of the molecule is [2H]c1nc(C([2H])(C([2H])([2H])[2H])C([2H])([2H])[2H])nc([2H])c1B(O)O. The van der Waals surface area contributed by atoms with Crippen molar-refractivity contribution in [3.63, 3.8) is 0 Å². The van der Waals surface area contributed by atoms with Crippen LogP contribution in [0.1, 0.15) is 37.8 Å². The third kappa shape index (κ3) is 2.02. The number of hydrogen-bond acceptors (Lipinski definition) is 4. The first-order valence-corrected chi connectivity index (χ1v) is 2.95. The molecule has 1 heterocycles. The Bertz CT molecular complexity index is 507. The summed E-state index contributed by atoms with van der Waals surface area (Å²) >= 11 is 0. The van der Waals surface area contributed by atoms with Crippen molar-refractivity contribution < 1.29 is 22.4 Å². The van der Waals surface area contributed by atoms with E-state index in [1.165, 1.54) is 0 Å². The van der Waals surface area contributed by atoms with Crippen molar-refractivity contribution in [2.75, 3.05) is 0 Å². The zero-order valence-corrected chi connectivity index (χ0v) is 5.87. The van der Waals surface area contributed by atoms with E-state index >= 15 is 0 Å². The summed E-state index contributed by atoms with van der Waals surface area (Å²) in [5.41, 5.74) is -0.711. The zero-order chi connectivity index (χ0) is 16.8. The lowest BCUT2D eigenvalue weighted by Gasteiger charge is -2.03. The first-order chi connectivity index (χ1) is 9.23. The zero-order valence-electron chi connectivity index (χ0n) is 14.9. The molecule has 64 valence electrons. The molecule has 1 rings (SSSR count). The molecule has 1 aromatic heterocycles. The molecule has 0 saturated carbocycles. The van der Waals surface area contributed by atoms with E-state index in [1.54, 1.807) is 0 Å². The highest BCUT2D eigenvalue weighted by Crippen LogP contribution is 2.04. The summed E-state index contributed by atoms with van der Waals surface area (Å²) < 4.78 is 66.1. The molecule has 0 atom stereocenters. The maximum Gasteiger partial charge on any atom is 0.491 e. The third-order valence-corrected chi connectivity index (χ3v) is 1.05. The number of hydrogen-bond donors (Lipinski definition) is 2. The first-order valence-electron chi connectivity index (χ1n) is 7.45. The van der Waals surface area contributed by atoms with Gasteiger partial charge in [0.15, 0.2) is 0 Å². The average Bonchev–Trinajstić information content (AvgIpc) is 2.22. The van der Waals surface area contributed by atoms with Crippen LogP contribution in [0.25, 0.3) is 0 Å². The molecular formula is C7H11BN2O2. The summed E-state index contributed by atoms with van der Waals surface area (Å²) in [6.07, 6.45) is -1.85. The first kappa shape index (κ1) is 2.78. The summed E-state index contributed by atoms with van der Waals surface area (Å²) in [6, 6.07) is 0. The van der Waals surface area contributed by atoms with Crippen LogP contribution in [-0.4, -0.2) is 27.1 Å². The van der Waals surface area contributed by atoms with Crippen LogP contribution in [0.2, 0.25) is 0 Å². The molecule has 0 aromatic carbocycles. The summed E-state index contributed by atoms with van der Waals surface area (Å²) in [5.74, 6) is -4.31. The number of rotatable bonds is 2. The topological polar surface area (TPSA) is 66.2 Å². The fourth-order valence-electron chi connectivity index (χ4n) is 0.504. The Hall–Kier alpha value is -0.935. The van der Waals surface area contributed by atoms with Crippen molar-refractivity contribution in [2.45, 2.75) is 19.6 Å². The molecule has 0 saturated heterocycles. The highest BCUT2D eigenvalue weighted by Gasteiger charge is 2.12. The molecule has 1 aromatic rings. The molecular weight excluding hydrogens is 155 g/mol. The van der Waals surface area contributed by atoms with Gasteiger partial charge in [-0.05, 0) is 0 Å². The number of nitrogens with zero attached hydrogens (tertiary/aromatic N) is 2. The van der Waals surface area contributed by atoms with E-state index in [4.69, 9.17) is 22.4 Å². The van der Waals surface area contributed by atoms with E-state index in [1.807, 2.05) is 0 Å². The molecule has 4 nitrogen and oxygen atoms in total. The lowest BCUT2D eigenvalue weighted by atomic mass is 9.83. The summed E-state index contributed by atoms with van der Waals surface area (Å²) in [4.78, 5) is 6.54. The second-order valence-corrected chi connectivity index (χ2v) is 1.93. The van der Waals surface area contributed by atoms with Crippen molar-refractivity contribution in [3.8, 4) is 0 Å². The minimum Gasteiger partial charge on any atom is -0.423 e. The Kier molecular flexibility index (Phi) is 0.846. The van der Waals surface area contributed by atoms with E-state index in [-0.39, 0.29) is 0 Å². The molecule has 5 heteroatoms. The minimum atomic E-state index is -3.35. The highest BCUT2D eigenvalue weighted by molar-refractivity contribution is 6.58. The van der Waals surface area contributed by atoms with Gasteiger partial charge in [-0.15, -0.1) is 0 Å². The Morgan fingerprint density at radius 3 is 2.58 bits per heavy atom. The Morgan fingerprint density at radius 1 is 1.58 bits per heavy atom. The van der Waals surface area contributed by atoms with Gasteiger partial charge in [-0.3, -0.25) is 0 Å². The van der Waals surface area contributed by atoms with Gasteiger partial charge >= 0.3 is 7.12 Å². The molecule has 0 radical (unpaired) electrons. The Balaban J connectivity index is 3.64. The van der Waals surface area contributed by atoms with Crippen LogP contribution >= 0.6 is 0 Å². The molecule has 2 N–H and O–H groups in total. The van der Waals surface area contributed by atoms with Gasteiger partial charge in [-0.1, -0.05) is 13.7 Å². The minimum absolute atomic E-state index is 0.711. The van der Waals surface area contributed by atoms with Crippen LogP contribution in [0, 0.1) is 0 Å². The normalized spacial score (nSPS) is 24.3. The molecule has 0 unspecified atom stereocenters. The van der Waals surface area contributed by atoms with Crippen molar-refractivity contribution in [2.24, 2.45) is 0 Å².